The van der Waals surface area contributed by atoms with Gasteiger partial charge in [0.15, 0.2) is 12.0 Å². The van der Waals surface area contributed by atoms with Crippen LogP contribution in [0.3, 0.4) is 0 Å². The average molecular weight is 304 g/mol. The summed E-state index contributed by atoms with van der Waals surface area (Å²) in [5.41, 5.74) is 6.09. The van der Waals surface area contributed by atoms with Crippen LogP contribution in [0, 0.1) is 0 Å². The Balaban J connectivity index is 1.98. The Bertz CT molecular complexity index is 548. The van der Waals surface area contributed by atoms with Crippen LogP contribution < -0.4 is 11.1 Å². The highest BCUT2D eigenvalue weighted by Gasteiger charge is 2.45. The van der Waals surface area contributed by atoms with E-state index in [1.807, 2.05) is 0 Å². The summed E-state index contributed by atoms with van der Waals surface area (Å²) >= 11 is 6.05. The normalized spacial score (nSPS) is 39.6. The molecule has 1 saturated heterocycles. The predicted molar refractivity (Wildman–Crippen MR) is 68.2 cm³/mol. The number of nitrogens with two attached hydrogens (primary N) is 1. The van der Waals surface area contributed by atoms with Crippen LogP contribution in [-0.4, -0.2) is 56.1 Å². The number of rotatable bonds is 2. The molecule has 0 saturated carbocycles. The Kier molecular flexibility index (Phi) is 3.20. The van der Waals surface area contributed by atoms with Gasteiger partial charge < -0.3 is 25.4 Å². The van der Waals surface area contributed by atoms with Gasteiger partial charge >= 0.3 is 0 Å². The Hall–Kier alpha value is -1.23. The molecule has 1 aromatic rings. The molecule has 1 fully saturated rings. The largest absolute Gasteiger partial charge is 0.394 e. The number of halogens is 1. The van der Waals surface area contributed by atoms with Crippen molar-refractivity contribution in [1.82, 2.24) is 14.9 Å². The van der Waals surface area contributed by atoms with Crippen molar-refractivity contribution in [1.29, 1.82) is 0 Å². The van der Waals surface area contributed by atoms with Crippen molar-refractivity contribution < 1.29 is 20.1 Å². The number of nitrogens with one attached hydrogen (secondary N) is 1. The second-order valence-corrected chi connectivity index (χ2v) is 5.26. The minimum absolute atomic E-state index is 0.277. The van der Waals surface area contributed by atoms with Gasteiger partial charge in [0.25, 0.3) is 0 Å². The molecule has 6 N–H and O–H groups in total. The zero-order chi connectivity index (χ0) is 14.5. The molecule has 0 radical (unpaired) electrons. The van der Waals surface area contributed by atoms with E-state index < -0.39 is 36.3 Å². The third-order valence-electron chi connectivity index (χ3n) is 3.36. The summed E-state index contributed by atoms with van der Waals surface area (Å²) in [5, 5.41) is 30.1. The van der Waals surface area contributed by atoms with Crippen LogP contribution in [-0.2, 0) is 9.86 Å². The van der Waals surface area contributed by atoms with E-state index in [1.165, 1.54) is 17.2 Å². The van der Waals surface area contributed by atoms with E-state index in [2.05, 4.69) is 15.3 Å². The molecule has 0 aliphatic carbocycles. The van der Waals surface area contributed by atoms with Crippen molar-refractivity contribution in [2.75, 3.05) is 6.61 Å². The molecule has 2 aliphatic heterocycles. The minimum Gasteiger partial charge on any atom is -0.394 e. The molecular formula is C10H14ClN5O4. The molecule has 2 aliphatic rings. The van der Waals surface area contributed by atoms with Gasteiger partial charge in [0.05, 0.1) is 19.3 Å². The highest BCUT2D eigenvalue weighted by molar-refractivity contribution is 6.24. The molecule has 9 nitrogen and oxygen atoms in total. The maximum Gasteiger partial charge on any atom is 0.212 e. The van der Waals surface area contributed by atoms with Crippen molar-refractivity contribution in [2.45, 2.75) is 29.7 Å². The van der Waals surface area contributed by atoms with Crippen molar-refractivity contribution >= 4 is 23.8 Å². The molecule has 0 aromatic carbocycles. The van der Waals surface area contributed by atoms with Gasteiger partial charge in [-0.05, 0) is 0 Å². The molecule has 1 unspecified atom stereocenters. The number of aliphatic hydroxyl groups excluding tert-OH is 3. The smallest absolute Gasteiger partial charge is 0.212 e. The lowest BCUT2D eigenvalue weighted by Gasteiger charge is -2.25. The first-order valence-electron chi connectivity index (χ1n) is 5.93. The molecule has 0 amide bonds. The van der Waals surface area contributed by atoms with Gasteiger partial charge in [-0.3, -0.25) is 10.3 Å². The zero-order valence-corrected chi connectivity index (χ0v) is 11.0. The summed E-state index contributed by atoms with van der Waals surface area (Å²) in [6.45, 7) is -0.410. The van der Waals surface area contributed by atoms with Gasteiger partial charge in [-0.15, -0.1) is 0 Å². The molecule has 20 heavy (non-hydrogen) atoms. The number of fused-ring (bicyclic) bond motifs is 1. The van der Waals surface area contributed by atoms with Crippen LogP contribution >= 0.6 is 11.6 Å². The number of imidazole rings is 1. The number of hydrogen-bond donors (Lipinski definition) is 5. The number of hydrogen-bond acceptors (Lipinski definition) is 8. The number of nitrogens with zero attached hydrogens (tertiary/aromatic N) is 3. The second kappa shape index (κ2) is 4.65. The van der Waals surface area contributed by atoms with Crippen molar-refractivity contribution in [3.05, 3.63) is 12.0 Å². The van der Waals surface area contributed by atoms with E-state index in [-0.39, 0.29) is 5.69 Å². The number of ether oxygens (including phenoxy) is 1. The Morgan fingerprint density at radius 2 is 2.25 bits per heavy atom. The fourth-order valence-corrected chi connectivity index (χ4v) is 2.47. The van der Waals surface area contributed by atoms with Crippen molar-refractivity contribution in [2.24, 2.45) is 10.7 Å². The Morgan fingerprint density at radius 3 is 2.90 bits per heavy atom. The second-order valence-electron chi connectivity index (χ2n) is 4.67. The average Bonchev–Trinajstić information content (AvgIpc) is 2.94. The van der Waals surface area contributed by atoms with E-state index >= 15 is 0 Å². The van der Waals surface area contributed by atoms with Gasteiger partial charge in [-0.1, -0.05) is 11.6 Å². The molecule has 5 atom stereocenters. The summed E-state index contributed by atoms with van der Waals surface area (Å²) in [6.07, 6.45) is -1.56. The van der Waals surface area contributed by atoms with E-state index in [0.717, 1.165) is 0 Å². The molecule has 110 valence electrons. The first-order chi connectivity index (χ1) is 9.45. The van der Waals surface area contributed by atoms with Crippen molar-refractivity contribution in [3.63, 3.8) is 0 Å². The van der Waals surface area contributed by atoms with Gasteiger partial charge in [0, 0.05) is 0 Å². The van der Waals surface area contributed by atoms with Crippen LogP contribution in [0.4, 0.5) is 5.82 Å². The topological polar surface area (TPSA) is 138 Å². The molecule has 10 heteroatoms. The lowest BCUT2D eigenvalue weighted by molar-refractivity contribution is -0.0520. The van der Waals surface area contributed by atoms with E-state index in [1.54, 1.807) is 0 Å². The maximum atomic E-state index is 10.00. The minimum atomic E-state index is -1.40. The van der Waals surface area contributed by atoms with Crippen LogP contribution in [0.2, 0.25) is 0 Å². The fourth-order valence-electron chi connectivity index (χ4n) is 2.29. The van der Waals surface area contributed by atoms with Gasteiger partial charge in [0.1, 0.15) is 24.0 Å². The zero-order valence-electron chi connectivity index (χ0n) is 10.2. The Morgan fingerprint density at radius 1 is 1.50 bits per heavy atom. The van der Waals surface area contributed by atoms with Gasteiger partial charge in [-0.25, -0.2) is 9.98 Å². The summed E-state index contributed by atoms with van der Waals surface area (Å²) in [5.74, 6) is 0.316. The summed E-state index contributed by atoms with van der Waals surface area (Å²) < 4.78 is 6.83. The number of aromatic nitrogens is 2. The third-order valence-corrected chi connectivity index (χ3v) is 3.65. The van der Waals surface area contributed by atoms with Crippen LogP contribution in [0.25, 0.3) is 0 Å². The van der Waals surface area contributed by atoms with Crippen LogP contribution in [0.1, 0.15) is 11.9 Å². The monoisotopic (exact) mass is 303 g/mol. The number of alkyl halides is 1. The molecular weight excluding hydrogens is 290 g/mol. The van der Waals surface area contributed by atoms with Gasteiger partial charge in [0.2, 0.25) is 5.12 Å². The molecule has 3 rings (SSSR count). The van der Waals surface area contributed by atoms with E-state index in [4.69, 9.17) is 27.2 Å². The molecule has 3 heterocycles. The molecule has 0 bridgehead atoms. The molecule has 0 spiro atoms. The van der Waals surface area contributed by atoms with Crippen molar-refractivity contribution in [3.8, 4) is 0 Å². The van der Waals surface area contributed by atoms with Crippen LogP contribution in [0.5, 0.6) is 0 Å². The Labute approximate surface area is 118 Å². The summed E-state index contributed by atoms with van der Waals surface area (Å²) in [7, 11) is 0. The number of aliphatic imine (C=N–C) groups is 1. The van der Waals surface area contributed by atoms with Crippen LogP contribution in [0.15, 0.2) is 11.3 Å². The fraction of sp³-hybridized carbons (Fsp3) is 0.600. The predicted octanol–water partition coefficient (Wildman–Crippen LogP) is -1.93. The maximum absolute atomic E-state index is 10.00. The van der Waals surface area contributed by atoms with Gasteiger partial charge in [-0.2, -0.15) is 0 Å². The first kappa shape index (κ1) is 13.7. The van der Waals surface area contributed by atoms with E-state index in [0.29, 0.717) is 5.82 Å². The summed E-state index contributed by atoms with van der Waals surface area (Å²) in [4.78, 5) is 8.13. The highest BCUT2D eigenvalue weighted by Crippen LogP contribution is 2.37. The number of aliphatic hydroxyl groups is 3. The SMILES string of the molecule is NC1(Cl)NC=Nc2c1ncn2[C@@H]1O[C@H](CO)[C@@H](O)[C@H]1O. The first-order valence-corrected chi connectivity index (χ1v) is 6.31. The van der Waals surface area contributed by atoms with E-state index in [9.17, 15) is 10.2 Å². The highest BCUT2D eigenvalue weighted by atomic mass is 35.5. The lowest BCUT2D eigenvalue weighted by atomic mass is 10.1. The summed E-state index contributed by atoms with van der Waals surface area (Å²) in [6, 6.07) is 0. The lowest BCUT2D eigenvalue weighted by Crippen LogP contribution is -2.46. The molecule has 1 aromatic heterocycles. The quantitative estimate of drug-likeness (QED) is 0.317. The standard InChI is InChI=1S/C10H14ClN5O4/c11-10(12)7-8(13-2-15-10)16(3-14-7)9-6(19)5(18)4(1-17)20-9/h2-6,9,17-19H,1,12H2,(H,13,15)/t4-,5-,6-,9-,10?/m1/s1. The third kappa shape index (κ3) is 1.91.